The van der Waals surface area contributed by atoms with Crippen LogP contribution in [-0.2, 0) is 0 Å². The maximum atomic E-state index is 2.21. The SMILES string of the molecule is CC(C)=C(C)c1ccc(C(C)=C(C)C)cc1. The van der Waals surface area contributed by atoms with Crippen LogP contribution in [0.25, 0.3) is 11.1 Å². The van der Waals surface area contributed by atoms with Gasteiger partial charge in [-0.15, -0.1) is 0 Å². The van der Waals surface area contributed by atoms with Crippen LogP contribution in [0.15, 0.2) is 35.4 Å². The molecule has 0 saturated heterocycles. The van der Waals surface area contributed by atoms with E-state index >= 15 is 0 Å². The fraction of sp³-hybridized carbons (Fsp3) is 0.375. The van der Waals surface area contributed by atoms with Gasteiger partial charge in [0, 0.05) is 0 Å². The summed E-state index contributed by atoms with van der Waals surface area (Å²) in [5.41, 5.74) is 8.16. The molecule has 0 aliphatic rings. The number of benzene rings is 1. The third-order valence-electron chi connectivity index (χ3n) is 3.25. The van der Waals surface area contributed by atoms with Crippen molar-refractivity contribution in [2.24, 2.45) is 0 Å². The van der Waals surface area contributed by atoms with E-state index in [0.29, 0.717) is 0 Å². The first-order valence-corrected chi connectivity index (χ1v) is 5.82. The zero-order valence-electron chi connectivity index (χ0n) is 11.3. The second kappa shape index (κ2) is 5.16. The second-order valence-corrected chi connectivity index (χ2v) is 4.83. The average Bonchev–Trinajstić information content (AvgIpc) is 2.27. The van der Waals surface area contributed by atoms with Crippen LogP contribution in [0.1, 0.15) is 52.7 Å². The Hall–Kier alpha value is -1.30. The minimum absolute atomic E-state index is 1.32. The van der Waals surface area contributed by atoms with Crippen molar-refractivity contribution in [1.29, 1.82) is 0 Å². The van der Waals surface area contributed by atoms with Gasteiger partial charge in [0.1, 0.15) is 0 Å². The first kappa shape index (κ1) is 12.8. The molecule has 1 aromatic rings. The summed E-state index contributed by atoms with van der Waals surface area (Å²) >= 11 is 0. The van der Waals surface area contributed by atoms with E-state index in [1.165, 1.54) is 33.4 Å². The molecular weight excluding hydrogens is 192 g/mol. The van der Waals surface area contributed by atoms with Crippen LogP contribution in [0, 0.1) is 0 Å². The zero-order chi connectivity index (χ0) is 12.3. The third kappa shape index (κ3) is 2.85. The molecule has 0 aliphatic carbocycles. The van der Waals surface area contributed by atoms with Crippen molar-refractivity contribution in [2.45, 2.75) is 41.5 Å². The van der Waals surface area contributed by atoms with E-state index in [0.717, 1.165) is 0 Å². The fourth-order valence-electron chi connectivity index (χ4n) is 1.55. The van der Waals surface area contributed by atoms with Crippen LogP contribution in [0.3, 0.4) is 0 Å². The minimum Gasteiger partial charge on any atom is -0.0729 e. The van der Waals surface area contributed by atoms with Gasteiger partial charge in [-0.25, -0.2) is 0 Å². The number of rotatable bonds is 2. The number of allylic oxidation sites excluding steroid dienone is 4. The van der Waals surface area contributed by atoms with Gasteiger partial charge in [-0.1, -0.05) is 35.4 Å². The molecule has 86 valence electrons. The molecular formula is C16H22. The van der Waals surface area contributed by atoms with E-state index in [1.54, 1.807) is 0 Å². The van der Waals surface area contributed by atoms with Gasteiger partial charge >= 0.3 is 0 Å². The van der Waals surface area contributed by atoms with Gasteiger partial charge in [0.05, 0.1) is 0 Å². The lowest BCUT2D eigenvalue weighted by molar-refractivity contribution is 1.35. The molecule has 0 heterocycles. The van der Waals surface area contributed by atoms with Crippen molar-refractivity contribution in [3.63, 3.8) is 0 Å². The van der Waals surface area contributed by atoms with Gasteiger partial charge in [0.2, 0.25) is 0 Å². The molecule has 0 N–H and O–H groups in total. The summed E-state index contributed by atoms with van der Waals surface area (Å²) in [7, 11) is 0. The molecule has 0 spiro atoms. The van der Waals surface area contributed by atoms with Gasteiger partial charge in [-0.05, 0) is 63.8 Å². The van der Waals surface area contributed by atoms with Crippen LogP contribution in [0.2, 0.25) is 0 Å². The zero-order valence-corrected chi connectivity index (χ0v) is 11.3. The van der Waals surface area contributed by atoms with Gasteiger partial charge < -0.3 is 0 Å². The molecule has 0 aliphatic heterocycles. The van der Waals surface area contributed by atoms with Gasteiger partial charge in [0.15, 0.2) is 0 Å². The molecule has 0 atom stereocenters. The average molecular weight is 214 g/mol. The molecule has 0 radical (unpaired) electrons. The third-order valence-corrected chi connectivity index (χ3v) is 3.25. The molecule has 0 nitrogen and oxygen atoms in total. The van der Waals surface area contributed by atoms with Gasteiger partial charge in [-0.3, -0.25) is 0 Å². The highest BCUT2D eigenvalue weighted by Crippen LogP contribution is 2.22. The summed E-state index contributed by atoms with van der Waals surface area (Å²) < 4.78 is 0. The van der Waals surface area contributed by atoms with Crippen molar-refractivity contribution in [3.05, 3.63) is 46.5 Å². The highest BCUT2D eigenvalue weighted by Gasteiger charge is 2.00. The Balaban J connectivity index is 3.11. The van der Waals surface area contributed by atoms with Gasteiger partial charge in [0.25, 0.3) is 0 Å². The molecule has 0 bridgehead atoms. The Morgan fingerprint density at radius 1 is 0.562 bits per heavy atom. The van der Waals surface area contributed by atoms with E-state index in [-0.39, 0.29) is 0 Å². The largest absolute Gasteiger partial charge is 0.0729 e. The van der Waals surface area contributed by atoms with E-state index < -0.39 is 0 Å². The second-order valence-electron chi connectivity index (χ2n) is 4.83. The maximum absolute atomic E-state index is 2.21. The molecule has 0 fully saturated rings. The Morgan fingerprint density at radius 3 is 1.00 bits per heavy atom. The van der Waals surface area contributed by atoms with Crippen molar-refractivity contribution >= 4 is 11.1 Å². The molecule has 16 heavy (non-hydrogen) atoms. The first-order valence-electron chi connectivity index (χ1n) is 5.82. The topological polar surface area (TPSA) is 0 Å². The predicted octanol–water partition coefficient (Wildman–Crippen LogP) is 5.31. The number of hydrogen-bond acceptors (Lipinski definition) is 0. The van der Waals surface area contributed by atoms with E-state index in [4.69, 9.17) is 0 Å². The summed E-state index contributed by atoms with van der Waals surface area (Å²) in [5.74, 6) is 0. The number of hydrogen-bond donors (Lipinski definition) is 0. The van der Waals surface area contributed by atoms with Crippen LogP contribution in [0.4, 0.5) is 0 Å². The lowest BCUT2D eigenvalue weighted by Gasteiger charge is -2.08. The van der Waals surface area contributed by atoms with Crippen molar-refractivity contribution in [1.82, 2.24) is 0 Å². The van der Waals surface area contributed by atoms with Crippen molar-refractivity contribution in [3.8, 4) is 0 Å². The molecule has 0 heteroatoms. The Morgan fingerprint density at radius 2 is 0.812 bits per heavy atom. The van der Waals surface area contributed by atoms with E-state index in [1.807, 2.05) is 0 Å². The summed E-state index contributed by atoms with van der Waals surface area (Å²) in [6.45, 7) is 13.0. The predicted molar refractivity (Wildman–Crippen MR) is 74.3 cm³/mol. The standard InChI is InChI=1S/C16H22/c1-11(2)13(5)15-7-9-16(10-8-15)14(6)12(3)4/h7-10H,1-6H3. The Bertz CT molecular complexity index is 377. The molecule has 0 amide bonds. The molecule has 0 aromatic heterocycles. The lowest BCUT2D eigenvalue weighted by Crippen LogP contribution is -1.86. The monoisotopic (exact) mass is 214 g/mol. The van der Waals surface area contributed by atoms with Crippen LogP contribution >= 0.6 is 0 Å². The molecule has 1 rings (SSSR count). The molecule has 0 saturated carbocycles. The van der Waals surface area contributed by atoms with Crippen LogP contribution < -0.4 is 0 Å². The van der Waals surface area contributed by atoms with Crippen molar-refractivity contribution in [2.75, 3.05) is 0 Å². The lowest BCUT2D eigenvalue weighted by atomic mass is 9.98. The van der Waals surface area contributed by atoms with Crippen LogP contribution in [-0.4, -0.2) is 0 Å². The summed E-state index contributed by atoms with van der Waals surface area (Å²) in [6, 6.07) is 8.85. The molecule has 0 unspecified atom stereocenters. The van der Waals surface area contributed by atoms with E-state index in [2.05, 4.69) is 65.8 Å². The van der Waals surface area contributed by atoms with Crippen LogP contribution in [0.5, 0.6) is 0 Å². The highest BCUT2D eigenvalue weighted by molar-refractivity contribution is 5.71. The minimum atomic E-state index is 1.32. The van der Waals surface area contributed by atoms with Crippen molar-refractivity contribution < 1.29 is 0 Å². The normalized spacial score (nSPS) is 9.88. The Labute approximate surface area is 99.7 Å². The van der Waals surface area contributed by atoms with Gasteiger partial charge in [-0.2, -0.15) is 0 Å². The summed E-state index contributed by atoms with van der Waals surface area (Å²) in [5, 5.41) is 0. The summed E-state index contributed by atoms with van der Waals surface area (Å²) in [6.07, 6.45) is 0. The maximum Gasteiger partial charge on any atom is -0.0228 e. The van der Waals surface area contributed by atoms with E-state index in [9.17, 15) is 0 Å². The first-order chi connectivity index (χ1) is 7.43. The Kier molecular flexibility index (Phi) is 4.12. The quantitative estimate of drug-likeness (QED) is 0.625. The highest BCUT2D eigenvalue weighted by atomic mass is 14.1. The molecule has 1 aromatic carbocycles. The fourth-order valence-corrected chi connectivity index (χ4v) is 1.55. The summed E-state index contributed by atoms with van der Waals surface area (Å²) in [4.78, 5) is 0. The smallest absolute Gasteiger partial charge is 0.0228 e.